The molecule has 2 N–H and O–H groups in total. The molecule has 1 heterocycles. The van der Waals surface area contributed by atoms with Crippen molar-refractivity contribution in [2.24, 2.45) is 11.7 Å². The number of primary amides is 1. The topological polar surface area (TPSA) is 89.5 Å². The number of rotatable bonds is 3. The zero-order chi connectivity index (χ0) is 13.3. The summed E-state index contributed by atoms with van der Waals surface area (Å²) in [5, 5.41) is 11.1. The number of nitro benzene ring substituents is 1. The van der Waals surface area contributed by atoms with Gasteiger partial charge in [0.1, 0.15) is 10.7 Å². The third-order valence-electron chi connectivity index (χ3n) is 3.08. The van der Waals surface area contributed by atoms with Gasteiger partial charge in [0.2, 0.25) is 5.91 Å². The Balaban J connectivity index is 2.32. The van der Waals surface area contributed by atoms with Gasteiger partial charge < -0.3 is 10.6 Å². The highest BCUT2D eigenvalue weighted by Gasteiger charge is 2.31. The van der Waals surface area contributed by atoms with Gasteiger partial charge in [0.25, 0.3) is 0 Å². The highest BCUT2D eigenvalue weighted by molar-refractivity contribution is 6.33. The minimum Gasteiger partial charge on any atom is -0.369 e. The summed E-state index contributed by atoms with van der Waals surface area (Å²) < 4.78 is 0. The Kier molecular flexibility index (Phi) is 3.38. The molecule has 2 rings (SSSR count). The van der Waals surface area contributed by atoms with Gasteiger partial charge in [-0.2, -0.15) is 0 Å². The second kappa shape index (κ2) is 4.81. The first kappa shape index (κ1) is 12.6. The summed E-state index contributed by atoms with van der Waals surface area (Å²) in [6.45, 7) is 0.964. The lowest BCUT2D eigenvalue weighted by molar-refractivity contribution is -0.384. The van der Waals surface area contributed by atoms with Gasteiger partial charge in [0, 0.05) is 13.1 Å². The molecule has 7 heteroatoms. The van der Waals surface area contributed by atoms with Crippen LogP contribution < -0.4 is 10.6 Å². The van der Waals surface area contributed by atoms with Crippen molar-refractivity contribution in [2.45, 2.75) is 6.42 Å². The third kappa shape index (κ3) is 2.24. The summed E-state index contributed by atoms with van der Waals surface area (Å²) in [5.41, 5.74) is 5.56. The fraction of sp³-hybridized carbons (Fsp3) is 0.364. The van der Waals surface area contributed by atoms with Crippen LogP contribution in [0.2, 0.25) is 5.02 Å². The molecule has 1 amide bonds. The fourth-order valence-corrected chi connectivity index (χ4v) is 2.39. The largest absolute Gasteiger partial charge is 0.369 e. The second-order valence-corrected chi connectivity index (χ2v) is 4.61. The van der Waals surface area contributed by atoms with E-state index in [1.54, 1.807) is 17.0 Å². The maximum atomic E-state index is 11.1. The van der Waals surface area contributed by atoms with Crippen LogP contribution in [0.3, 0.4) is 0 Å². The number of anilines is 1. The number of nitrogens with two attached hydrogens (primary N) is 1. The molecule has 1 atom stereocenters. The van der Waals surface area contributed by atoms with E-state index < -0.39 is 4.92 Å². The maximum Gasteiger partial charge on any atom is 0.310 e. The van der Waals surface area contributed by atoms with Crippen LogP contribution in [-0.2, 0) is 4.79 Å². The number of para-hydroxylation sites is 1. The van der Waals surface area contributed by atoms with E-state index in [0.717, 1.165) is 0 Å². The van der Waals surface area contributed by atoms with Crippen LogP contribution in [0.4, 0.5) is 11.4 Å². The van der Waals surface area contributed by atoms with E-state index in [1.807, 2.05) is 0 Å². The van der Waals surface area contributed by atoms with Crippen molar-refractivity contribution < 1.29 is 9.72 Å². The van der Waals surface area contributed by atoms with Gasteiger partial charge in [0.05, 0.1) is 10.8 Å². The molecule has 0 aromatic heterocycles. The minimum absolute atomic E-state index is 0.0972. The molecule has 1 aliphatic heterocycles. The maximum absolute atomic E-state index is 11.1. The Morgan fingerprint density at radius 3 is 2.83 bits per heavy atom. The van der Waals surface area contributed by atoms with Crippen LogP contribution in [0.1, 0.15) is 6.42 Å². The van der Waals surface area contributed by atoms with E-state index in [9.17, 15) is 14.9 Å². The van der Waals surface area contributed by atoms with Gasteiger partial charge in [-0.05, 0) is 18.6 Å². The highest BCUT2D eigenvalue weighted by Crippen LogP contribution is 2.37. The molecule has 1 aromatic carbocycles. The number of hydrogen-bond donors (Lipinski definition) is 1. The monoisotopic (exact) mass is 269 g/mol. The fourth-order valence-electron chi connectivity index (χ4n) is 2.15. The second-order valence-electron chi connectivity index (χ2n) is 4.20. The van der Waals surface area contributed by atoms with Crippen LogP contribution in [0.15, 0.2) is 18.2 Å². The van der Waals surface area contributed by atoms with Crippen molar-refractivity contribution in [3.05, 3.63) is 33.3 Å². The molecule has 0 aliphatic carbocycles. The number of carbonyl (C=O) groups is 1. The first-order valence-electron chi connectivity index (χ1n) is 5.48. The average molecular weight is 270 g/mol. The molecule has 1 aliphatic rings. The Morgan fingerprint density at radius 2 is 2.28 bits per heavy atom. The van der Waals surface area contributed by atoms with Gasteiger partial charge >= 0.3 is 5.69 Å². The number of amides is 1. The predicted molar refractivity (Wildman–Crippen MR) is 67.6 cm³/mol. The summed E-state index contributed by atoms with van der Waals surface area (Å²) in [5.74, 6) is -0.634. The van der Waals surface area contributed by atoms with E-state index in [-0.39, 0.29) is 22.5 Å². The van der Waals surface area contributed by atoms with E-state index in [1.165, 1.54) is 6.07 Å². The van der Waals surface area contributed by atoms with Crippen LogP contribution in [0.5, 0.6) is 0 Å². The Hall–Kier alpha value is -1.82. The van der Waals surface area contributed by atoms with Crippen molar-refractivity contribution in [3.63, 3.8) is 0 Å². The summed E-state index contributed by atoms with van der Waals surface area (Å²) >= 11 is 5.84. The van der Waals surface area contributed by atoms with Crippen LogP contribution in [-0.4, -0.2) is 23.9 Å². The van der Waals surface area contributed by atoms with E-state index >= 15 is 0 Å². The lowest BCUT2D eigenvalue weighted by Gasteiger charge is -2.18. The molecule has 1 unspecified atom stereocenters. The average Bonchev–Trinajstić information content (AvgIpc) is 2.77. The predicted octanol–water partition coefficient (Wildman–Crippen LogP) is 1.56. The quantitative estimate of drug-likeness (QED) is 0.666. The summed E-state index contributed by atoms with van der Waals surface area (Å²) in [4.78, 5) is 23.4. The zero-order valence-corrected chi connectivity index (χ0v) is 10.3. The smallest absolute Gasteiger partial charge is 0.310 e. The van der Waals surface area contributed by atoms with Crippen molar-refractivity contribution in [2.75, 3.05) is 18.0 Å². The molecule has 1 fully saturated rings. The van der Waals surface area contributed by atoms with Crippen LogP contribution in [0.25, 0.3) is 0 Å². The highest BCUT2D eigenvalue weighted by atomic mass is 35.5. The molecule has 0 bridgehead atoms. The van der Waals surface area contributed by atoms with E-state index in [4.69, 9.17) is 17.3 Å². The molecule has 96 valence electrons. The Bertz CT molecular complexity index is 506. The molecule has 1 aromatic rings. The van der Waals surface area contributed by atoms with Crippen molar-refractivity contribution in [1.82, 2.24) is 0 Å². The number of benzene rings is 1. The normalized spacial score (nSPS) is 18.9. The number of carbonyl (C=O) groups excluding carboxylic acids is 1. The van der Waals surface area contributed by atoms with Gasteiger partial charge in [-0.25, -0.2) is 0 Å². The minimum atomic E-state index is -0.505. The molecule has 0 spiro atoms. The van der Waals surface area contributed by atoms with Gasteiger partial charge in [-0.1, -0.05) is 17.7 Å². The SMILES string of the molecule is NC(=O)C1CCN(c2cccc(Cl)c2[N+](=O)[O-])C1. The first-order valence-corrected chi connectivity index (χ1v) is 5.85. The molecule has 18 heavy (non-hydrogen) atoms. The standard InChI is InChI=1S/C11H12ClN3O3/c12-8-2-1-3-9(10(8)15(17)18)14-5-4-7(6-14)11(13)16/h1-3,7H,4-6H2,(H2,13,16). The number of halogens is 1. The molecule has 1 saturated heterocycles. The number of hydrogen-bond acceptors (Lipinski definition) is 4. The molecule has 0 saturated carbocycles. The van der Waals surface area contributed by atoms with Gasteiger partial charge in [0.15, 0.2) is 0 Å². The van der Waals surface area contributed by atoms with Crippen LogP contribution >= 0.6 is 11.6 Å². The Morgan fingerprint density at radius 1 is 1.56 bits per heavy atom. The summed E-state index contributed by atoms with van der Waals surface area (Å²) in [7, 11) is 0. The van der Waals surface area contributed by atoms with Crippen molar-refractivity contribution in [3.8, 4) is 0 Å². The molecule has 0 radical (unpaired) electrons. The number of nitro groups is 1. The van der Waals surface area contributed by atoms with Crippen LogP contribution in [0, 0.1) is 16.0 Å². The lowest BCUT2D eigenvalue weighted by Crippen LogP contribution is -2.27. The number of nitrogens with zero attached hydrogens (tertiary/aromatic N) is 2. The van der Waals surface area contributed by atoms with Crippen molar-refractivity contribution >= 4 is 28.9 Å². The molecule has 6 nitrogen and oxygen atoms in total. The van der Waals surface area contributed by atoms with E-state index in [2.05, 4.69) is 0 Å². The van der Waals surface area contributed by atoms with Gasteiger partial charge in [-0.3, -0.25) is 14.9 Å². The lowest BCUT2D eigenvalue weighted by atomic mass is 10.1. The Labute approximate surface area is 108 Å². The van der Waals surface area contributed by atoms with E-state index in [0.29, 0.717) is 25.2 Å². The first-order chi connectivity index (χ1) is 8.50. The molecular weight excluding hydrogens is 258 g/mol. The summed E-state index contributed by atoms with van der Waals surface area (Å²) in [6.07, 6.45) is 0.610. The summed E-state index contributed by atoms with van der Waals surface area (Å²) in [6, 6.07) is 4.76. The molecular formula is C11H12ClN3O3. The van der Waals surface area contributed by atoms with Gasteiger partial charge in [-0.15, -0.1) is 0 Å². The third-order valence-corrected chi connectivity index (χ3v) is 3.38. The zero-order valence-electron chi connectivity index (χ0n) is 9.51. The van der Waals surface area contributed by atoms with Crippen molar-refractivity contribution in [1.29, 1.82) is 0 Å².